The molecule has 4 rings (SSSR count). The Hall–Kier alpha value is -2.62. The van der Waals surface area contributed by atoms with E-state index in [9.17, 15) is 5.26 Å². The summed E-state index contributed by atoms with van der Waals surface area (Å²) in [4.78, 5) is 4.55. The van der Waals surface area contributed by atoms with Gasteiger partial charge < -0.3 is 15.2 Å². The number of hydrogen-bond acceptors (Lipinski definition) is 6. The molecule has 0 bridgehead atoms. The van der Waals surface area contributed by atoms with E-state index in [4.69, 9.17) is 16.1 Å². The van der Waals surface area contributed by atoms with Crippen LogP contribution in [0.25, 0.3) is 10.9 Å². The van der Waals surface area contributed by atoms with Gasteiger partial charge >= 0.3 is 0 Å². The number of nitrogens with one attached hydrogen (secondary N) is 2. The molecule has 0 unspecified atom stereocenters. The van der Waals surface area contributed by atoms with Crippen molar-refractivity contribution in [2.24, 2.45) is 0 Å². The third-order valence-corrected chi connectivity index (χ3v) is 4.90. The molecule has 1 saturated heterocycles. The van der Waals surface area contributed by atoms with Crippen molar-refractivity contribution in [3.05, 3.63) is 52.4 Å². The number of nitrogens with zero attached hydrogens (tertiary/aromatic N) is 3. The Morgan fingerprint density at radius 1 is 1.27 bits per heavy atom. The molecule has 0 radical (unpaired) electrons. The van der Waals surface area contributed by atoms with Gasteiger partial charge in [-0.2, -0.15) is 5.26 Å². The molecule has 0 amide bonds. The first-order chi connectivity index (χ1) is 12.7. The second-order valence-electron chi connectivity index (χ2n) is 6.42. The number of hydrogen-bond donors (Lipinski definition) is 2. The molecule has 0 saturated carbocycles. The fraction of sp³-hybridized carbons (Fsp3) is 0.316. The molecular formula is C19H18ClN5O. The van der Waals surface area contributed by atoms with E-state index < -0.39 is 0 Å². The van der Waals surface area contributed by atoms with Crippen molar-refractivity contribution >= 4 is 28.3 Å². The van der Waals surface area contributed by atoms with Gasteiger partial charge in [0, 0.05) is 22.4 Å². The molecule has 1 fully saturated rings. The van der Waals surface area contributed by atoms with Crippen molar-refractivity contribution in [3.8, 4) is 6.07 Å². The molecule has 1 aliphatic rings. The van der Waals surface area contributed by atoms with Crippen molar-refractivity contribution in [2.45, 2.75) is 25.3 Å². The standard InChI is InChI=1S/C19H18ClN5O/c20-14-1-2-17-16(8-14)13(10-21)7-19(24-17)23-11-15-9-18(25-26-15)12-3-5-22-6-4-12/h1-2,7-9,12,22H,3-6,11H2,(H,23,24). The van der Waals surface area contributed by atoms with Crippen molar-refractivity contribution < 1.29 is 4.52 Å². The summed E-state index contributed by atoms with van der Waals surface area (Å²) < 4.78 is 5.46. The normalized spacial score (nSPS) is 15.1. The summed E-state index contributed by atoms with van der Waals surface area (Å²) in [5.41, 5.74) is 2.28. The molecule has 3 heterocycles. The molecule has 7 heteroatoms. The van der Waals surface area contributed by atoms with Crippen LogP contribution >= 0.6 is 11.6 Å². The van der Waals surface area contributed by atoms with E-state index in [0.29, 0.717) is 28.9 Å². The van der Waals surface area contributed by atoms with Crippen LogP contribution in [0.1, 0.15) is 35.8 Å². The van der Waals surface area contributed by atoms with Crippen LogP contribution in [-0.4, -0.2) is 23.2 Å². The average Bonchev–Trinajstić information content (AvgIpc) is 3.15. The van der Waals surface area contributed by atoms with E-state index in [1.807, 2.05) is 12.1 Å². The van der Waals surface area contributed by atoms with Gasteiger partial charge in [-0.25, -0.2) is 4.98 Å². The van der Waals surface area contributed by atoms with Gasteiger partial charge in [0.05, 0.1) is 29.4 Å². The molecular weight excluding hydrogens is 350 g/mol. The monoisotopic (exact) mass is 367 g/mol. The van der Waals surface area contributed by atoms with Gasteiger partial charge in [0.2, 0.25) is 0 Å². The molecule has 26 heavy (non-hydrogen) atoms. The van der Waals surface area contributed by atoms with Gasteiger partial charge in [-0.1, -0.05) is 16.8 Å². The fourth-order valence-electron chi connectivity index (χ4n) is 3.28. The summed E-state index contributed by atoms with van der Waals surface area (Å²) in [5, 5.41) is 21.5. The van der Waals surface area contributed by atoms with Crippen molar-refractivity contribution in [1.29, 1.82) is 5.26 Å². The van der Waals surface area contributed by atoms with E-state index in [-0.39, 0.29) is 0 Å². The highest BCUT2D eigenvalue weighted by Gasteiger charge is 2.19. The van der Waals surface area contributed by atoms with Crippen LogP contribution in [-0.2, 0) is 6.54 Å². The van der Waals surface area contributed by atoms with E-state index in [1.54, 1.807) is 18.2 Å². The molecule has 1 aliphatic heterocycles. The molecule has 1 aromatic carbocycles. The number of nitriles is 1. The SMILES string of the molecule is N#Cc1cc(NCc2cc(C3CCNCC3)no2)nc2ccc(Cl)cc12. The topological polar surface area (TPSA) is 86.8 Å². The second-order valence-corrected chi connectivity index (χ2v) is 6.86. The predicted molar refractivity (Wildman–Crippen MR) is 100 cm³/mol. The summed E-state index contributed by atoms with van der Waals surface area (Å²) in [6, 6.07) is 11.3. The average molecular weight is 368 g/mol. The fourth-order valence-corrected chi connectivity index (χ4v) is 3.45. The van der Waals surface area contributed by atoms with E-state index in [0.717, 1.165) is 48.3 Å². The van der Waals surface area contributed by atoms with Crippen LogP contribution in [0.5, 0.6) is 0 Å². The molecule has 6 nitrogen and oxygen atoms in total. The lowest BCUT2D eigenvalue weighted by molar-refractivity contribution is 0.365. The second kappa shape index (κ2) is 7.32. The maximum absolute atomic E-state index is 9.40. The van der Waals surface area contributed by atoms with Crippen LogP contribution in [0.2, 0.25) is 5.02 Å². The Kier molecular flexibility index (Phi) is 4.74. The Labute approximate surface area is 156 Å². The summed E-state index contributed by atoms with van der Waals surface area (Å²) >= 11 is 6.02. The first kappa shape index (κ1) is 16.8. The molecule has 0 spiro atoms. The third-order valence-electron chi connectivity index (χ3n) is 4.67. The summed E-state index contributed by atoms with van der Waals surface area (Å²) in [6.07, 6.45) is 2.17. The minimum atomic E-state index is 0.461. The van der Waals surface area contributed by atoms with Crippen molar-refractivity contribution in [3.63, 3.8) is 0 Å². The molecule has 2 N–H and O–H groups in total. The van der Waals surface area contributed by atoms with Gasteiger partial charge in [-0.3, -0.25) is 0 Å². The first-order valence-corrected chi connectivity index (χ1v) is 9.01. The summed E-state index contributed by atoms with van der Waals surface area (Å²) in [5.74, 6) is 1.84. The number of halogens is 1. The number of aromatic nitrogens is 2. The van der Waals surface area contributed by atoms with Gasteiger partial charge in [-0.05, 0) is 50.2 Å². The van der Waals surface area contributed by atoms with E-state index >= 15 is 0 Å². The molecule has 0 atom stereocenters. The molecule has 132 valence electrons. The Morgan fingerprint density at radius 2 is 2.12 bits per heavy atom. The zero-order chi connectivity index (χ0) is 17.9. The van der Waals surface area contributed by atoms with E-state index in [2.05, 4.69) is 26.8 Å². The van der Waals surface area contributed by atoms with Gasteiger partial charge in [0.1, 0.15) is 5.82 Å². The lowest BCUT2D eigenvalue weighted by Crippen LogP contribution is -2.26. The minimum absolute atomic E-state index is 0.461. The van der Waals surface area contributed by atoms with Gasteiger partial charge in [0.15, 0.2) is 5.76 Å². The Balaban J connectivity index is 1.50. The summed E-state index contributed by atoms with van der Waals surface area (Å²) in [6.45, 7) is 2.51. The number of benzene rings is 1. The number of anilines is 1. The largest absolute Gasteiger partial charge is 0.363 e. The van der Waals surface area contributed by atoms with Crippen LogP contribution in [0, 0.1) is 11.3 Å². The predicted octanol–water partition coefficient (Wildman–Crippen LogP) is 3.83. The van der Waals surface area contributed by atoms with E-state index in [1.165, 1.54) is 0 Å². The zero-order valence-electron chi connectivity index (χ0n) is 14.1. The van der Waals surface area contributed by atoms with Crippen LogP contribution in [0.4, 0.5) is 5.82 Å². The quantitative estimate of drug-likeness (QED) is 0.728. The number of piperidine rings is 1. The van der Waals surface area contributed by atoms with Crippen LogP contribution < -0.4 is 10.6 Å². The number of rotatable bonds is 4. The van der Waals surface area contributed by atoms with Gasteiger partial charge in [-0.15, -0.1) is 0 Å². The van der Waals surface area contributed by atoms with Crippen LogP contribution in [0.3, 0.4) is 0 Å². The maximum atomic E-state index is 9.40. The smallest absolute Gasteiger partial charge is 0.156 e. The molecule has 2 aromatic heterocycles. The first-order valence-electron chi connectivity index (χ1n) is 8.63. The molecule has 3 aromatic rings. The highest BCUT2D eigenvalue weighted by Crippen LogP contribution is 2.26. The van der Waals surface area contributed by atoms with Gasteiger partial charge in [0.25, 0.3) is 0 Å². The highest BCUT2D eigenvalue weighted by atomic mass is 35.5. The highest BCUT2D eigenvalue weighted by molar-refractivity contribution is 6.31. The maximum Gasteiger partial charge on any atom is 0.156 e. The Morgan fingerprint density at radius 3 is 2.92 bits per heavy atom. The third kappa shape index (κ3) is 3.50. The Bertz CT molecular complexity index is 972. The van der Waals surface area contributed by atoms with Crippen molar-refractivity contribution in [2.75, 3.05) is 18.4 Å². The zero-order valence-corrected chi connectivity index (χ0v) is 14.9. The summed E-state index contributed by atoms with van der Waals surface area (Å²) in [7, 11) is 0. The lowest BCUT2D eigenvalue weighted by atomic mass is 9.95. The number of fused-ring (bicyclic) bond motifs is 1. The van der Waals surface area contributed by atoms with Crippen molar-refractivity contribution in [1.82, 2.24) is 15.5 Å². The minimum Gasteiger partial charge on any atom is -0.363 e. The number of pyridine rings is 1. The van der Waals surface area contributed by atoms with Crippen LogP contribution in [0.15, 0.2) is 34.9 Å². The molecule has 0 aliphatic carbocycles. The lowest BCUT2D eigenvalue weighted by Gasteiger charge is -2.19.